The Hall–Kier alpha value is -2.08. The van der Waals surface area contributed by atoms with Crippen LogP contribution in [0.3, 0.4) is 0 Å². The second kappa shape index (κ2) is 6.13. The van der Waals surface area contributed by atoms with Crippen molar-refractivity contribution in [2.75, 3.05) is 32.7 Å². The maximum atomic E-state index is 12.3. The van der Waals surface area contributed by atoms with Gasteiger partial charge in [0.15, 0.2) is 5.76 Å². The molecule has 1 fully saturated rings. The Morgan fingerprint density at radius 2 is 2.00 bits per heavy atom. The van der Waals surface area contributed by atoms with Crippen LogP contribution in [0.5, 0.6) is 0 Å². The Morgan fingerprint density at radius 3 is 2.71 bits per heavy atom. The third kappa shape index (κ3) is 3.00. The number of carbonyl (C=O) groups excluding carboxylic acids is 2. The maximum Gasteiger partial charge on any atom is 0.289 e. The zero-order chi connectivity index (χ0) is 14.7. The molecule has 2 aliphatic heterocycles. The van der Waals surface area contributed by atoms with Gasteiger partial charge in [-0.2, -0.15) is 0 Å². The number of rotatable bonds is 2. The molecule has 0 spiro atoms. The lowest BCUT2D eigenvalue weighted by Crippen LogP contribution is -2.45. The predicted octanol–water partition coefficient (Wildman–Crippen LogP) is 0.482. The van der Waals surface area contributed by atoms with Crippen LogP contribution in [0.2, 0.25) is 0 Å². The summed E-state index contributed by atoms with van der Waals surface area (Å²) in [5.41, 5.74) is 0. The first kappa shape index (κ1) is 13.9. The van der Waals surface area contributed by atoms with Gasteiger partial charge in [0.25, 0.3) is 5.91 Å². The molecule has 1 aromatic rings. The Kier molecular flexibility index (Phi) is 4.06. The van der Waals surface area contributed by atoms with Crippen LogP contribution >= 0.6 is 0 Å². The van der Waals surface area contributed by atoms with Gasteiger partial charge >= 0.3 is 0 Å². The largest absolute Gasteiger partial charge is 0.459 e. The molecule has 0 aromatic carbocycles. The van der Waals surface area contributed by atoms with Gasteiger partial charge < -0.3 is 14.2 Å². The van der Waals surface area contributed by atoms with Crippen LogP contribution in [-0.4, -0.2) is 60.4 Å². The number of hydrogen-bond donors (Lipinski definition) is 1. The molecule has 3 rings (SSSR count). The summed E-state index contributed by atoms with van der Waals surface area (Å²) < 4.78 is 5.15. The van der Waals surface area contributed by atoms with E-state index in [1.54, 1.807) is 17.0 Å². The molecular formula is C15H19N3O3. The number of hydrogen-bond acceptors (Lipinski definition) is 4. The Bertz CT molecular complexity index is 538. The first-order valence-electron chi connectivity index (χ1n) is 7.27. The summed E-state index contributed by atoms with van der Waals surface area (Å²) in [5.74, 6) is 0.347. The normalized spacial score (nSPS) is 22.4. The number of nitrogens with zero attached hydrogens (tertiary/aromatic N) is 2. The lowest BCUT2D eigenvalue weighted by atomic mass is 10.2. The summed E-state index contributed by atoms with van der Waals surface area (Å²) in [5, 5.41) is 3.13. The Balaban J connectivity index is 1.60. The molecular weight excluding hydrogens is 270 g/mol. The average Bonchev–Trinajstić information content (AvgIpc) is 3.15. The van der Waals surface area contributed by atoms with Gasteiger partial charge in [-0.15, -0.1) is 0 Å². The van der Waals surface area contributed by atoms with Crippen molar-refractivity contribution in [1.82, 2.24) is 15.1 Å². The quantitative estimate of drug-likeness (QED) is 0.804. The highest BCUT2D eigenvalue weighted by atomic mass is 16.3. The lowest BCUT2D eigenvalue weighted by molar-refractivity contribution is -0.131. The summed E-state index contributed by atoms with van der Waals surface area (Å²) in [4.78, 5) is 28.2. The molecule has 6 heteroatoms. The van der Waals surface area contributed by atoms with Gasteiger partial charge in [-0.3, -0.25) is 14.9 Å². The minimum atomic E-state index is -0.211. The average molecular weight is 289 g/mol. The molecule has 2 amide bonds. The number of furan rings is 1. The minimum Gasteiger partial charge on any atom is -0.459 e. The molecule has 2 aliphatic rings. The lowest BCUT2D eigenvalue weighted by Gasteiger charge is -2.24. The smallest absolute Gasteiger partial charge is 0.289 e. The number of nitrogens with one attached hydrogen (secondary N) is 1. The van der Waals surface area contributed by atoms with E-state index >= 15 is 0 Å². The minimum absolute atomic E-state index is 0.0936. The molecule has 6 nitrogen and oxygen atoms in total. The molecule has 1 N–H and O–H groups in total. The molecule has 1 aromatic heterocycles. The maximum absolute atomic E-state index is 12.3. The van der Waals surface area contributed by atoms with Gasteiger partial charge in [0.05, 0.1) is 6.26 Å². The fraction of sp³-hybridized carbons (Fsp3) is 0.467. The standard InChI is InChI=1S/C15H19N3O3/c19-14(12-4-1-6-16-12)17-7-3-8-18(10-9-17)15(20)13-5-2-11-21-13/h1-2,4-5,11-12,16H,3,6-10H2. The third-order valence-corrected chi connectivity index (χ3v) is 3.88. The fourth-order valence-electron chi connectivity index (χ4n) is 2.73. The van der Waals surface area contributed by atoms with E-state index in [9.17, 15) is 9.59 Å². The van der Waals surface area contributed by atoms with E-state index in [4.69, 9.17) is 4.42 Å². The van der Waals surface area contributed by atoms with Crippen molar-refractivity contribution in [1.29, 1.82) is 0 Å². The zero-order valence-corrected chi connectivity index (χ0v) is 11.8. The van der Waals surface area contributed by atoms with Crippen LogP contribution in [0.4, 0.5) is 0 Å². The van der Waals surface area contributed by atoms with Gasteiger partial charge in [0.1, 0.15) is 6.04 Å². The number of amides is 2. The van der Waals surface area contributed by atoms with E-state index in [0.29, 0.717) is 31.9 Å². The Labute approximate surface area is 123 Å². The van der Waals surface area contributed by atoms with Crippen molar-refractivity contribution in [3.63, 3.8) is 0 Å². The Morgan fingerprint density at radius 1 is 1.19 bits per heavy atom. The van der Waals surface area contributed by atoms with Crippen molar-refractivity contribution in [2.24, 2.45) is 0 Å². The molecule has 1 unspecified atom stereocenters. The van der Waals surface area contributed by atoms with E-state index < -0.39 is 0 Å². The number of carbonyl (C=O) groups is 2. The topological polar surface area (TPSA) is 65.8 Å². The summed E-state index contributed by atoms with van der Waals surface area (Å²) in [7, 11) is 0. The third-order valence-electron chi connectivity index (χ3n) is 3.88. The highest BCUT2D eigenvalue weighted by Gasteiger charge is 2.27. The van der Waals surface area contributed by atoms with Gasteiger partial charge in [-0.05, 0) is 18.6 Å². The molecule has 0 radical (unpaired) electrons. The van der Waals surface area contributed by atoms with Crippen molar-refractivity contribution in [2.45, 2.75) is 12.5 Å². The summed E-state index contributed by atoms with van der Waals surface area (Å²) >= 11 is 0. The van der Waals surface area contributed by atoms with Gasteiger partial charge in [-0.25, -0.2) is 0 Å². The van der Waals surface area contributed by atoms with E-state index in [0.717, 1.165) is 13.0 Å². The van der Waals surface area contributed by atoms with Crippen LogP contribution in [0.25, 0.3) is 0 Å². The highest BCUT2D eigenvalue weighted by Crippen LogP contribution is 2.11. The predicted molar refractivity (Wildman–Crippen MR) is 76.7 cm³/mol. The van der Waals surface area contributed by atoms with Gasteiger partial charge in [0.2, 0.25) is 5.91 Å². The van der Waals surface area contributed by atoms with Crippen molar-refractivity contribution in [3.05, 3.63) is 36.3 Å². The first-order chi connectivity index (χ1) is 10.3. The van der Waals surface area contributed by atoms with Crippen molar-refractivity contribution in [3.8, 4) is 0 Å². The van der Waals surface area contributed by atoms with E-state index in [-0.39, 0.29) is 17.9 Å². The van der Waals surface area contributed by atoms with Crippen molar-refractivity contribution >= 4 is 11.8 Å². The second-order valence-electron chi connectivity index (χ2n) is 5.26. The molecule has 0 saturated carbocycles. The highest BCUT2D eigenvalue weighted by molar-refractivity contribution is 5.91. The monoisotopic (exact) mass is 289 g/mol. The zero-order valence-electron chi connectivity index (χ0n) is 11.8. The summed E-state index contributed by atoms with van der Waals surface area (Å²) in [6.07, 6.45) is 6.15. The van der Waals surface area contributed by atoms with Crippen LogP contribution in [-0.2, 0) is 4.79 Å². The van der Waals surface area contributed by atoms with Crippen LogP contribution in [0.15, 0.2) is 35.0 Å². The van der Waals surface area contributed by atoms with Crippen LogP contribution < -0.4 is 5.32 Å². The van der Waals surface area contributed by atoms with Gasteiger partial charge in [0, 0.05) is 32.7 Å². The molecule has 0 bridgehead atoms. The van der Waals surface area contributed by atoms with Gasteiger partial charge in [-0.1, -0.05) is 12.2 Å². The van der Waals surface area contributed by atoms with Crippen LogP contribution in [0, 0.1) is 0 Å². The van der Waals surface area contributed by atoms with Crippen LogP contribution in [0.1, 0.15) is 17.0 Å². The molecule has 3 heterocycles. The molecule has 0 aliphatic carbocycles. The van der Waals surface area contributed by atoms with E-state index in [2.05, 4.69) is 5.32 Å². The SMILES string of the molecule is O=C(c1ccco1)N1CCCN(C(=O)C2C=CCN2)CC1. The molecule has 1 atom stereocenters. The fourth-order valence-corrected chi connectivity index (χ4v) is 2.73. The van der Waals surface area contributed by atoms with Crippen molar-refractivity contribution < 1.29 is 14.0 Å². The van der Waals surface area contributed by atoms with E-state index in [1.165, 1.54) is 6.26 Å². The summed E-state index contributed by atoms with van der Waals surface area (Å²) in [6.45, 7) is 3.19. The molecule has 21 heavy (non-hydrogen) atoms. The molecule has 112 valence electrons. The second-order valence-corrected chi connectivity index (χ2v) is 5.26. The first-order valence-corrected chi connectivity index (χ1v) is 7.27. The van der Waals surface area contributed by atoms with E-state index in [1.807, 2.05) is 17.1 Å². The summed E-state index contributed by atoms with van der Waals surface area (Å²) in [6, 6.07) is 3.17. The molecule has 1 saturated heterocycles.